The van der Waals surface area contributed by atoms with Crippen molar-refractivity contribution in [3.05, 3.63) is 0 Å². The van der Waals surface area contributed by atoms with E-state index in [1.807, 2.05) is 11.8 Å². The molecule has 20 heavy (non-hydrogen) atoms. The molecular formula is C16H28N2OS. The number of thioether (sulfide) groups is 1. The summed E-state index contributed by atoms with van der Waals surface area (Å²) >= 11 is 2.05. The maximum absolute atomic E-state index is 12.3. The summed E-state index contributed by atoms with van der Waals surface area (Å²) < 4.78 is 0. The van der Waals surface area contributed by atoms with Crippen molar-refractivity contribution in [3.63, 3.8) is 0 Å². The summed E-state index contributed by atoms with van der Waals surface area (Å²) in [6.07, 6.45) is 10.2. The third-order valence-electron chi connectivity index (χ3n) is 5.37. The zero-order chi connectivity index (χ0) is 13.8. The fraction of sp³-hybridized carbons (Fsp3) is 0.938. The second-order valence-corrected chi connectivity index (χ2v) is 7.97. The standard InChI is InChI=1S/C16H28N2OS/c19-16(17-11-12-7-9-20-10-8-12)15-6-5-13-3-1-2-4-14(13)18-15/h12-15,18H,1-11H2,(H,17,19). The predicted octanol–water partition coefficient (Wildman–Crippen LogP) is 2.56. The van der Waals surface area contributed by atoms with Crippen molar-refractivity contribution in [2.24, 2.45) is 11.8 Å². The van der Waals surface area contributed by atoms with Crippen LogP contribution < -0.4 is 10.6 Å². The van der Waals surface area contributed by atoms with Gasteiger partial charge in [-0.15, -0.1) is 0 Å². The maximum Gasteiger partial charge on any atom is 0.237 e. The third kappa shape index (κ3) is 3.70. The van der Waals surface area contributed by atoms with Gasteiger partial charge in [-0.3, -0.25) is 4.79 Å². The highest BCUT2D eigenvalue weighted by Gasteiger charge is 2.34. The van der Waals surface area contributed by atoms with Gasteiger partial charge in [-0.05, 0) is 61.9 Å². The Hall–Kier alpha value is -0.220. The van der Waals surface area contributed by atoms with Gasteiger partial charge in [-0.1, -0.05) is 12.8 Å². The molecule has 1 amide bonds. The molecule has 3 nitrogen and oxygen atoms in total. The molecule has 1 saturated carbocycles. The number of fused-ring (bicyclic) bond motifs is 1. The van der Waals surface area contributed by atoms with Gasteiger partial charge in [0.15, 0.2) is 0 Å². The van der Waals surface area contributed by atoms with Gasteiger partial charge in [0.2, 0.25) is 5.91 Å². The van der Waals surface area contributed by atoms with Gasteiger partial charge >= 0.3 is 0 Å². The second kappa shape index (κ2) is 7.17. The topological polar surface area (TPSA) is 41.1 Å². The van der Waals surface area contributed by atoms with Crippen LogP contribution in [0.15, 0.2) is 0 Å². The molecule has 1 aliphatic carbocycles. The van der Waals surface area contributed by atoms with Gasteiger partial charge in [-0.25, -0.2) is 0 Å². The number of hydrogen-bond acceptors (Lipinski definition) is 3. The number of rotatable bonds is 3. The van der Waals surface area contributed by atoms with E-state index >= 15 is 0 Å². The minimum Gasteiger partial charge on any atom is -0.354 e. The first-order chi connectivity index (χ1) is 9.83. The predicted molar refractivity (Wildman–Crippen MR) is 85.0 cm³/mol. The number of amides is 1. The molecule has 2 aliphatic heterocycles. The minimum absolute atomic E-state index is 0.0762. The summed E-state index contributed by atoms with van der Waals surface area (Å²) in [4.78, 5) is 12.3. The summed E-state index contributed by atoms with van der Waals surface area (Å²) in [5.74, 6) is 4.35. The van der Waals surface area contributed by atoms with E-state index in [9.17, 15) is 4.79 Å². The number of carbonyl (C=O) groups excluding carboxylic acids is 1. The first-order valence-electron chi connectivity index (χ1n) is 8.44. The van der Waals surface area contributed by atoms with Gasteiger partial charge in [0.05, 0.1) is 6.04 Å². The van der Waals surface area contributed by atoms with Crippen LogP contribution in [0, 0.1) is 11.8 Å². The van der Waals surface area contributed by atoms with Crippen molar-refractivity contribution >= 4 is 17.7 Å². The Morgan fingerprint density at radius 1 is 1.05 bits per heavy atom. The van der Waals surface area contributed by atoms with Crippen LogP contribution in [0.3, 0.4) is 0 Å². The Morgan fingerprint density at radius 3 is 2.70 bits per heavy atom. The van der Waals surface area contributed by atoms with Gasteiger partial charge in [0.1, 0.15) is 0 Å². The second-order valence-electron chi connectivity index (χ2n) is 6.75. The summed E-state index contributed by atoms with van der Waals surface area (Å²) in [5, 5.41) is 6.83. The monoisotopic (exact) mass is 296 g/mol. The van der Waals surface area contributed by atoms with E-state index in [0.29, 0.717) is 12.0 Å². The highest BCUT2D eigenvalue weighted by atomic mass is 32.2. The molecular weight excluding hydrogens is 268 g/mol. The molecule has 3 aliphatic rings. The number of carbonyl (C=O) groups is 1. The Balaban J connectivity index is 1.42. The lowest BCUT2D eigenvalue weighted by molar-refractivity contribution is -0.124. The third-order valence-corrected chi connectivity index (χ3v) is 6.42. The zero-order valence-electron chi connectivity index (χ0n) is 12.4. The molecule has 0 spiro atoms. The van der Waals surface area contributed by atoms with E-state index < -0.39 is 0 Å². The lowest BCUT2D eigenvalue weighted by Gasteiger charge is -2.40. The molecule has 0 aromatic carbocycles. The molecule has 3 rings (SSSR count). The molecule has 3 unspecified atom stereocenters. The number of hydrogen-bond donors (Lipinski definition) is 2. The molecule has 0 aromatic heterocycles. The van der Waals surface area contributed by atoms with Crippen LogP contribution in [0.2, 0.25) is 0 Å². The summed E-state index contributed by atoms with van der Waals surface area (Å²) in [7, 11) is 0. The first-order valence-corrected chi connectivity index (χ1v) is 9.60. The van der Waals surface area contributed by atoms with Crippen LogP contribution in [0.4, 0.5) is 0 Å². The molecule has 2 heterocycles. The SMILES string of the molecule is O=C(NCC1CCSCC1)C1CCC2CCCCC2N1. The van der Waals surface area contributed by atoms with E-state index in [-0.39, 0.29) is 11.9 Å². The lowest BCUT2D eigenvalue weighted by atomic mass is 9.77. The number of piperidine rings is 1. The Bertz CT molecular complexity index is 330. The van der Waals surface area contributed by atoms with Gasteiger partial charge in [0, 0.05) is 12.6 Å². The van der Waals surface area contributed by atoms with E-state index in [2.05, 4.69) is 10.6 Å². The summed E-state index contributed by atoms with van der Waals surface area (Å²) in [6.45, 7) is 0.895. The first kappa shape index (κ1) is 14.7. The average molecular weight is 296 g/mol. The molecule has 0 radical (unpaired) electrons. The zero-order valence-corrected chi connectivity index (χ0v) is 13.2. The van der Waals surface area contributed by atoms with Crippen molar-refractivity contribution in [3.8, 4) is 0 Å². The normalized spacial score (nSPS) is 35.3. The maximum atomic E-state index is 12.3. The fourth-order valence-corrected chi connectivity index (χ4v) is 5.22. The van der Waals surface area contributed by atoms with Crippen LogP contribution >= 0.6 is 11.8 Å². The lowest BCUT2D eigenvalue weighted by Crippen LogP contribution is -2.55. The van der Waals surface area contributed by atoms with Crippen LogP contribution in [0.1, 0.15) is 51.4 Å². The van der Waals surface area contributed by atoms with Crippen LogP contribution in [-0.4, -0.2) is 36.0 Å². The molecule has 114 valence electrons. The smallest absolute Gasteiger partial charge is 0.237 e. The highest BCUT2D eigenvalue weighted by Crippen LogP contribution is 2.32. The van der Waals surface area contributed by atoms with Crippen LogP contribution in [-0.2, 0) is 4.79 Å². The van der Waals surface area contributed by atoms with Gasteiger partial charge in [-0.2, -0.15) is 11.8 Å². The quantitative estimate of drug-likeness (QED) is 0.841. The molecule has 4 heteroatoms. The van der Waals surface area contributed by atoms with E-state index in [1.54, 1.807) is 0 Å². The molecule has 0 aromatic rings. The minimum atomic E-state index is 0.0762. The highest BCUT2D eigenvalue weighted by molar-refractivity contribution is 7.99. The molecule has 2 N–H and O–H groups in total. The van der Waals surface area contributed by atoms with Crippen LogP contribution in [0.25, 0.3) is 0 Å². The molecule has 0 bridgehead atoms. The summed E-state index contributed by atoms with van der Waals surface area (Å²) in [6, 6.07) is 0.687. The van der Waals surface area contributed by atoms with Gasteiger partial charge < -0.3 is 10.6 Å². The Labute approximate surface area is 127 Å². The van der Waals surface area contributed by atoms with E-state index in [4.69, 9.17) is 0 Å². The molecule has 3 fully saturated rings. The average Bonchev–Trinajstić information content (AvgIpc) is 2.53. The van der Waals surface area contributed by atoms with Crippen molar-refractivity contribution in [2.45, 2.75) is 63.5 Å². The van der Waals surface area contributed by atoms with Crippen molar-refractivity contribution in [1.29, 1.82) is 0 Å². The van der Waals surface area contributed by atoms with Crippen LogP contribution in [0.5, 0.6) is 0 Å². The van der Waals surface area contributed by atoms with E-state index in [1.165, 1.54) is 56.5 Å². The van der Waals surface area contributed by atoms with Crippen molar-refractivity contribution < 1.29 is 4.79 Å². The Kier molecular flexibility index (Phi) is 5.27. The largest absolute Gasteiger partial charge is 0.354 e. The fourth-order valence-electron chi connectivity index (χ4n) is 4.02. The van der Waals surface area contributed by atoms with Crippen molar-refractivity contribution in [2.75, 3.05) is 18.1 Å². The molecule has 3 atom stereocenters. The number of nitrogens with one attached hydrogen (secondary N) is 2. The van der Waals surface area contributed by atoms with Crippen molar-refractivity contribution in [1.82, 2.24) is 10.6 Å². The van der Waals surface area contributed by atoms with E-state index in [0.717, 1.165) is 18.9 Å². The van der Waals surface area contributed by atoms with Gasteiger partial charge in [0.25, 0.3) is 0 Å². The summed E-state index contributed by atoms with van der Waals surface area (Å²) in [5.41, 5.74) is 0. The molecule has 2 saturated heterocycles. The Morgan fingerprint density at radius 2 is 1.85 bits per heavy atom.